The molecular weight excluding hydrogens is 470 g/mol. The highest BCUT2D eigenvalue weighted by atomic mass is 79.9. The van der Waals surface area contributed by atoms with Crippen LogP contribution in [0.15, 0.2) is 76.3 Å². The zero-order valence-electron chi connectivity index (χ0n) is 15.5. The molecule has 0 N–H and O–H groups in total. The molecule has 2 heterocycles. The average molecular weight is 485 g/mol. The summed E-state index contributed by atoms with van der Waals surface area (Å²) >= 11 is 9.73. The zero-order chi connectivity index (χ0) is 20.8. The molecule has 6 nitrogen and oxygen atoms in total. The molecule has 0 saturated heterocycles. The maximum atomic E-state index is 11.0. The minimum absolute atomic E-state index is 0.0358. The van der Waals surface area contributed by atoms with E-state index < -0.39 is 11.2 Å². The lowest BCUT2D eigenvalue weighted by atomic mass is 9.96. The van der Waals surface area contributed by atoms with Gasteiger partial charge in [-0.25, -0.2) is 5.01 Å². The Morgan fingerprint density at radius 2 is 1.83 bits per heavy atom. The second-order valence-corrected chi connectivity index (χ2v) is 8.51. The molecular formula is C22H15BrClN3O3. The number of nitrogens with zero attached hydrogens (tertiary/aromatic N) is 3. The van der Waals surface area contributed by atoms with E-state index in [9.17, 15) is 10.1 Å². The molecule has 0 saturated carbocycles. The largest absolute Gasteiger partial charge is 0.464 e. The van der Waals surface area contributed by atoms with Gasteiger partial charge in [-0.05, 0) is 48.0 Å². The van der Waals surface area contributed by atoms with Crippen molar-refractivity contribution in [2.45, 2.75) is 18.7 Å². The molecule has 0 bridgehead atoms. The third kappa shape index (κ3) is 3.34. The van der Waals surface area contributed by atoms with E-state index in [1.165, 1.54) is 12.1 Å². The average Bonchev–Trinajstić information content (AvgIpc) is 3.19. The first-order valence-corrected chi connectivity index (χ1v) is 10.5. The van der Waals surface area contributed by atoms with Crippen molar-refractivity contribution >= 4 is 38.9 Å². The first-order valence-electron chi connectivity index (χ1n) is 9.32. The molecule has 0 aliphatic carbocycles. The van der Waals surface area contributed by atoms with Crippen LogP contribution in [-0.2, 0) is 0 Å². The third-order valence-electron chi connectivity index (χ3n) is 5.32. The number of fused-ring (bicyclic) bond motifs is 3. The van der Waals surface area contributed by atoms with Crippen molar-refractivity contribution in [3.63, 3.8) is 0 Å². The lowest BCUT2D eigenvalue weighted by Crippen LogP contribution is -2.33. The SMILES string of the molecule is O=[N+]([O-])c1ccc([C@@H]2Oc3ccc(Cl)cc3[C@@H]3CC(c4ccc(Br)cc4)=NN32)cc1. The van der Waals surface area contributed by atoms with Gasteiger partial charge in [0.15, 0.2) is 0 Å². The Morgan fingerprint density at radius 1 is 1.10 bits per heavy atom. The summed E-state index contributed by atoms with van der Waals surface area (Å²) in [5, 5.41) is 18.5. The van der Waals surface area contributed by atoms with E-state index in [0.29, 0.717) is 11.4 Å². The number of rotatable bonds is 3. The number of halogens is 2. The van der Waals surface area contributed by atoms with Gasteiger partial charge < -0.3 is 4.74 Å². The van der Waals surface area contributed by atoms with E-state index in [2.05, 4.69) is 15.9 Å². The van der Waals surface area contributed by atoms with Crippen LogP contribution in [0.1, 0.15) is 35.4 Å². The van der Waals surface area contributed by atoms with Gasteiger partial charge in [0.25, 0.3) is 5.69 Å². The van der Waals surface area contributed by atoms with E-state index in [-0.39, 0.29) is 11.7 Å². The number of nitro benzene ring substituents is 1. The van der Waals surface area contributed by atoms with Crippen LogP contribution < -0.4 is 4.74 Å². The fourth-order valence-corrected chi connectivity index (χ4v) is 4.30. The summed E-state index contributed by atoms with van der Waals surface area (Å²) in [5.41, 5.74) is 3.82. The zero-order valence-corrected chi connectivity index (χ0v) is 17.9. The maximum Gasteiger partial charge on any atom is 0.269 e. The number of hydrazone groups is 1. The van der Waals surface area contributed by atoms with Crippen LogP contribution in [0.5, 0.6) is 5.75 Å². The quantitative estimate of drug-likeness (QED) is 0.325. The first-order chi connectivity index (χ1) is 14.5. The van der Waals surface area contributed by atoms with Crippen LogP contribution in [0.2, 0.25) is 5.02 Å². The molecule has 0 aromatic heterocycles. The van der Waals surface area contributed by atoms with Crippen molar-refractivity contribution in [3.8, 4) is 5.75 Å². The van der Waals surface area contributed by atoms with Crippen molar-refractivity contribution < 1.29 is 9.66 Å². The molecule has 0 radical (unpaired) electrons. The molecule has 3 aromatic rings. The molecule has 0 fully saturated rings. The van der Waals surface area contributed by atoms with E-state index in [4.69, 9.17) is 21.4 Å². The smallest absolute Gasteiger partial charge is 0.269 e. The summed E-state index contributed by atoms with van der Waals surface area (Å²) in [6, 6.07) is 20.0. The Hall–Kier alpha value is -2.90. The highest BCUT2D eigenvalue weighted by Crippen LogP contribution is 2.48. The monoisotopic (exact) mass is 483 g/mol. The molecule has 30 heavy (non-hydrogen) atoms. The predicted molar refractivity (Wildman–Crippen MR) is 118 cm³/mol. The molecule has 3 aromatic carbocycles. The number of ether oxygens (including phenoxy) is 1. The van der Waals surface area contributed by atoms with Crippen LogP contribution in [0.25, 0.3) is 0 Å². The lowest BCUT2D eigenvalue weighted by molar-refractivity contribution is -0.384. The minimum Gasteiger partial charge on any atom is -0.464 e. The van der Waals surface area contributed by atoms with Gasteiger partial charge in [0.05, 0.1) is 16.7 Å². The Kier molecular flexibility index (Phi) is 4.72. The van der Waals surface area contributed by atoms with Gasteiger partial charge in [0.2, 0.25) is 6.23 Å². The predicted octanol–water partition coefficient (Wildman–Crippen LogP) is 6.25. The van der Waals surface area contributed by atoms with Gasteiger partial charge in [0.1, 0.15) is 5.75 Å². The number of nitro groups is 1. The summed E-state index contributed by atoms with van der Waals surface area (Å²) in [4.78, 5) is 10.6. The van der Waals surface area contributed by atoms with Gasteiger partial charge in [-0.3, -0.25) is 10.1 Å². The van der Waals surface area contributed by atoms with E-state index in [0.717, 1.165) is 32.6 Å². The Labute approximate surface area is 186 Å². The summed E-state index contributed by atoms with van der Waals surface area (Å²) in [7, 11) is 0. The number of non-ortho nitro benzene ring substituents is 1. The van der Waals surface area contributed by atoms with Gasteiger partial charge >= 0.3 is 0 Å². The van der Waals surface area contributed by atoms with Crippen LogP contribution in [-0.4, -0.2) is 15.6 Å². The Balaban J connectivity index is 1.57. The first kappa shape index (κ1) is 19.1. The van der Waals surface area contributed by atoms with Crippen molar-refractivity contribution in [2.24, 2.45) is 5.10 Å². The second-order valence-electron chi connectivity index (χ2n) is 7.15. The van der Waals surface area contributed by atoms with Gasteiger partial charge in [0, 0.05) is 39.2 Å². The van der Waals surface area contributed by atoms with E-state index in [1.807, 2.05) is 41.4 Å². The molecule has 0 amide bonds. The number of benzene rings is 3. The minimum atomic E-state index is -0.488. The molecule has 2 atom stereocenters. The fraction of sp³-hybridized carbons (Fsp3) is 0.136. The molecule has 0 unspecified atom stereocenters. The van der Waals surface area contributed by atoms with E-state index in [1.54, 1.807) is 18.2 Å². The normalized spacial score (nSPS) is 19.5. The lowest BCUT2D eigenvalue weighted by Gasteiger charge is -2.38. The fourth-order valence-electron chi connectivity index (χ4n) is 3.86. The Bertz CT molecular complexity index is 1170. The molecule has 2 aliphatic heterocycles. The van der Waals surface area contributed by atoms with Crippen molar-refractivity contribution in [1.29, 1.82) is 0 Å². The molecule has 2 aliphatic rings. The summed E-state index contributed by atoms with van der Waals surface area (Å²) < 4.78 is 7.28. The molecule has 5 rings (SSSR count). The highest BCUT2D eigenvalue weighted by Gasteiger charge is 2.41. The topological polar surface area (TPSA) is 68.0 Å². The van der Waals surface area contributed by atoms with Crippen molar-refractivity contribution in [3.05, 3.63) is 103 Å². The summed E-state index contributed by atoms with van der Waals surface area (Å²) in [6.45, 7) is 0. The van der Waals surface area contributed by atoms with Crippen LogP contribution in [0.4, 0.5) is 5.69 Å². The van der Waals surface area contributed by atoms with Crippen molar-refractivity contribution in [2.75, 3.05) is 0 Å². The number of hydrogen-bond acceptors (Lipinski definition) is 5. The summed E-state index contributed by atoms with van der Waals surface area (Å²) in [5.74, 6) is 0.747. The third-order valence-corrected chi connectivity index (χ3v) is 6.08. The van der Waals surface area contributed by atoms with Crippen LogP contribution in [0.3, 0.4) is 0 Å². The number of hydrogen-bond donors (Lipinski definition) is 0. The Morgan fingerprint density at radius 3 is 2.53 bits per heavy atom. The van der Waals surface area contributed by atoms with Crippen LogP contribution in [0, 0.1) is 10.1 Å². The van der Waals surface area contributed by atoms with Gasteiger partial charge in [-0.1, -0.05) is 39.7 Å². The van der Waals surface area contributed by atoms with E-state index >= 15 is 0 Å². The molecule has 8 heteroatoms. The second kappa shape index (κ2) is 7.41. The van der Waals surface area contributed by atoms with Crippen LogP contribution >= 0.6 is 27.5 Å². The van der Waals surface area contributed by atoms with Gasteiger partial charge in [-0.2, -0.15) is 5.10 Å². The van der Waals surface area contributed by atoms with Crippen molar-refractivity contribution in [1.82, 2.24) is 5.01 Å². The van der Waals surface area contributed by atoms with Gasteiger partial charge in [-0.15, -0.1) is 0 Å². The maximum absolute atomic E-state index is 11.0. The highest BCUT2D eigenvalue weighted by molar-refractivity contribution is 9.10. The standard InChI is InChI=1S/C22H15BrClN3O3/c23-15-5-1-13(2-6-15)19-12-20-18-11-16(24)7-10-21(18)30-22(26(20)25-19)14-3-8-17(9-4-14)27(28)29/h1-11,20,22H,12H2/t20-,22-/m0/s1. The summed E-state index contributed by atoms with van der Waals surface area (Å²) in [6.07, 6.45) is 0.222. The molecule has 150 valence electrons. The molecule has 0 spiro atoms.